The van der Waals surface area contributed by atoms with Crippen molar-refractivity contribution in [1.82, 2.24) is 0 Å². The van der Waals surface area contributed by atoms with E-state index in [1.54, 1.807) is 0 Å². The molecule has 0 spiro atoms. The van der Waals surface area contributed by atoms with Crippen LogP contribution in [0, 0.1) is 0 Å². The Kier molecular flexibility index (Phi) is 7.52. The fourth-order valence-corrected chi connectivity index (χ4v) is 3.25. The van der Waals surface area contributed by atoms with Crippen molar-refractivity contribution in [2.45, 2.75) is 49.9 Å². The highest BCUT2D eigenvalue weighted by Crippen LogP contribution is 2.36. The summed E-state index contributed by atoms with van der Waals surface area (Å²) in [5.41, 5.74) is -5.72. The lowest BCUT2D eigenvalue weighted by Crippen LogP contribution is -2.57. The van der Waals surface area contributed by atoms with Gasteiger partial charge in [-0.2, -0.15) is 21.6 Å². The minimum atomic E-state index is -5.94. The number of carbonyl (C=O) groups excluding carboxylic acids is 2. The van der Waals surface area contributed by atoms with Crippen LogP contribution in [0.1, 0.15) is 25.5 Å². The van der Waals surface area contributed by atoms with Crippen molar-refractivity contribution in [2.24, 2.45) is 0 Å². The van der Waals surface area contributed by atoms with E-state index in [9.17, 15) is 41.4 Å². The smallest absolute Gasteiger partial charge is 0.463 e. The summed E-state index contributed by atoms with van der Waals surface area (Å²) in [7, 11) is -5.94. The van der Waals surface area contributed by atoms with E-state index in [4.69, 9.17) is 14.2 Å². The average molecular weight is 472 g/mol. The number of aliphatic hydroxyl groups is 2. The molecule has 1 fully saturated rings. The molecule has 1 heterocycles. The predicted molar refractivity (Wildman–Crippen MR) is 93.9 cm³/mol. The van der Waals surface area contributed by atoms with Crippen molar-refractivity contribution in [1.29, 1.82) is 0 Å². The van der Waals surface area contributed by atoms with Gasteiger partial charge in [0.05, 0.1) is 0 Å². The van der Waals surface area contributed by atoms with E-state index < -0.39 is 70.4 Å². The zero-order valence-corrected chi connectivity index (χ0v) is 16.9. The predicted octanol–water partition coefficient (Wildman–Crippen LogP) is 0.572. The third-order valence-electron chi connectivity index (χ3n) is 4.11. The van der Waals surface area contributed by atoms with Crippen LogP contribution >= 0.6 is 0 Å². The molecule has 10 nitrogen and oxygen atoms in total. The molecule has 0 aromatic heterocycles. The van der Waals surface area contributed by atoms with Crippen LogP contribution in [-0.2, 0) is 33.9 Å². The van der Waals surface area contributed by atoms with E-state index in [-0.39, 0.29) is 5.56 Å². The van der Waals surface area contributed by atoms with Gasteiger partial charge in [-0.15, -0.1) is 0 Å². The van der Waals surface area contributed by atoms with Gasteiger partial charge >= 0.3 is 27.6 Å². The average Bonchev–Trinajstić information content (AvgIpc) is 2.63. The van der Waals surface area contributed by atoms with Crippen molar-refractivity contribution in [3.8, 4) is 5.75 Å². The van der Waals surface area contributed by atoms with Gasteiger partial charge in [-0.25, -0.2) is 0 Å². The Balaban J connectivity index is 2.32. The van der Waals surface area contributed by atoms with Gasteiger partial charge in [0.2, 0.25) is 0 Å². The fourth-order valence-electron chi connectivity index (χ4n) is 2.80. The van der Waals surface area contributed by atoms with Gasteiger partial charge in [0.25, 0.3) is 0 Å². The van der Waals surface area contributed by atoms with Crippen LogP contribution in [0.2, 0.25) is 0 Å². The summed E-state index contributed by atoms with van der Waals surface area (Å²) >= 11 is 0. The number of hydrogen-bond donors (Lipinski definition) is 2. The molecular weight excluding hydrogens is 453 g/mol. The molecule has 1 aromatic rings. The normalized spacial score (nSPS) is 26.7. The largest absolute Gasteiger partial charge is 0.534 e. The van der Waals surface area contributed by atoms with E-state index in [0.29, 0.717) is 0 Å². The van der Waals surface area contributed by atoms with Gasteiger partial charge in [0, 0.05) is 13.8 Å². The molecule has 1 aliphatic heterocycles. The topological polar surface area (TPSA) is 146 Å². The first-order chi connectivity index (χ1) is 14.2. The number of rotatable bonds is 6. The molecular formula is C17H19F3O10S. The van der Waals surface area contributed by atoms with E-state index in [0.717, 1.165) is 32.0 Å². The Morgan fingerprint density at radius 3 is 2.32 bits per heavy atom. The molecule has 1 aliphatic rings. The van der Waals surface area contributed by atoms with Crippen molar-refractivity contribution >= 4 is 22.1 Å². The summed E-state index contributed by atoms with van der Waals surface area (Å²) in [4.78, 5) is 22.4. The Hall–Kier alpha value is -2.42. The minimum Gasteiger partial charge on any atom is -0.463 e. The summed E-state index contributed by atoms with van der Waals surface area (Å²) in [6.45, 7) is 1.65. The van der Waals surface area contributed by atoms with Crippen molar-refractivity contribution in [2.75, 3.05) is 6.61 Å². The maximum atomic E-state index is 12.5. The minimum absolute atomic E-state index is 0.0597. The lowest BCUT2D eigenvalue weighted by atomic mass is 9.91. The number of ether oxygens (including phenoxy) is 3. The molecule has 0 bridgehead atoms. The second-order valence-corrected chi connectivity index (χ2v) is 8.05. The van der Waals surface area contributed by atoms with Crippen molar-refractivity contribution < 1.29 is 59.8 Å². The van der Waals surface area contributed by atoms with E-state index >= 15 is 0 Å². The lowest BCUT2D eigenvalue weighted by molar-refractivity contribution is -0.242. The Morgan fingerprint density at radius 2 is 1.77 bits per heavy atom. The van der Waals surface area contributed by atoms with Crippen LogP contribution in [0.15, 0.2) is 24.3 Å². The maximum Gasteiger partial charge on any atom is 0.534 e. The molecule has 0 amide bonds. The van der Waals surface area contributed by atoms with Crippen molar-refractivity contribution in [3.05, 3.63) is 29.8 Å². The fraction of sp³-hybridized carbons (Fsp3) is 0.529. The summed E-state index contributed by atoms with van der Waals surface area (Å²) in [5, 5.41) is 20.8. The number of benzene rings is 1. The van der Waals surface area contributed by atoms with Gasteiger partial charge in [0.1, 0.15) is 36.8 Å². The monoisotopic (exact) mass is 472 g/mol. The third kappa shape index (κ3) is 6.06. The van der Waals surface area contributed by atoms with Crippen LogP contribution in [0.3, 0.4) is 0 Å². The Morgan fingerprint density at radius 1 is 1.13 bits per heavy atom. The van der Waals surface area contributed by atoms with Crippen LogP contribution in [0.25, 0.3) is 0 Å². The molecule has 1 saturated heterocycles. The van der Waals surface area contributed by atoms with Gasteiger partial charge in [0.15, 0.2) is 6.10 Å². The summed E-state index contributed by atoms with van der Waals surface area (Å²) in [6, 6.07) is 4.19. The molecule has 0 aliphatic carbocycles. The second kappa shape index (κ2) is 9.38. The van der Waals surface area contributed by atoms with Crippen LogP contribution in [0.5, 0.6) is 5.75 Å². The third-order valence-corrected chi connectivity index (χ3v) is 5.09. The molecule has 0 radical (unpaired) electrons. The summed E-state index contributed by atoms with van der Waals surface area (Å²) in [5.74, 6) is -2.26. The second-order valence-electron chi connectivity index (χ2n) is 6.51. The zero-order chi connectivity index (χ0) is 23.6. The summed E-state index contributed by atoms with van der Waals surface area (Å²) < 4.78 is 79.4. The van der Waals surface area contributed by atoms with Crippen LogP contribution < -0.4 is 4.18 Å². The van der Waals surface area contributed by atoms with Gasteiger partial charge in [-0.3, -0.25) is 9.59 Å². The quantitative estimate of drug-likeness (QED) is 0.342. The van der Waals surface area contributed by atoms with Crippen LogP contribution in [0.4, 0.5) is 13.2 Å². The molecule has 1 aromatic carbocycles. The first-order valence-electron chi connectivity index (χ1n) is 8.66. The van der Waals surface area contributed by atoms with Gasteiger partial charge in [-0.05, 0) is 17.7 Å². The highest BCUT2D eigenvalue weighted by molar-refractivity contribution is 7.88. The highest BCUT2D eigenvalue weighted by atomic mass is 32.2. The molecule has 31 heavy (non-hydrogen) atoms. The lowest BCUT2D eigenvalue weighted by Gasteiger charge is -2.42. The first-order valence-corrected chi connectivity index (χ1v) is 10.1. The van der Waals surface area contributed by atoms with E-state index in [1.165, 1.54) is 6.07 Å². The molecule has 174 valence electrons. The van der Waals surface area contributed by atoms with E-state index in [2.05, 4.69) is 4.18 Å². The Bertz CT molecular complexity index is 917. The SMILES string of the molecule is CC(=O)OC[C@H]1O[C@H](c2cccc(OS(=O)(=O)C(F)(F)F)c2)[C@@H](O)[C@@H](O)[C@@H]1OC(C)=O. The molecule has 2 rings (SSSR count). The first kappa shape index (κ1) is 24.8. The molecule has 0 unspecified atom stereocenters. The van der Waals surface area contributed by atoms with Gasteiger partial charge < -0.3 is 28.6 Å². The Labute approximate surface area is 174 Å². The standard InChI is InChI=1S/C17H19F3O10S/c1-8(21)27-7-12-16(28-9(2)22)14(24)13(23)15(29-12)10-4-3-5-11(6-10)30-31(25,26)17(18,19)20/h3-6,12-16,23-24H,7H2,1-2H3/t12-,13+,14-,15-,16-/m1/s1. The number of alkyl halides is 3. The maximum absolute atomic E-state index is 12.5. The molecule has 2 N–H and O–H groups in total. The molecule has 5 atom stereocenters. The molecule has 0 saturated carbocycles. The zero-order valence-electron chi connectivity index (χ0n) is 16.1. The highest BCUT2D eigenvalue weighted by Gasteiger charge is 2.49. The van der Waals surface area contributed by atoms with Gasteiger partial charge in [-0.1, -0.05) is 12.1 Å². The number of aliphatic hydroxyl groups excluding tert-OH is 2. The summed E-state index contributed by atoms with van der Waals surface area (Å²) in [6.07, 6.45) is -7.56. The number of halogens is 3. The van der Waals surface area contributed by atoms with E-state index in [1.807, 2.05) is 0 Å². The van der Waals surface area contributed by atoms with Crippen molar-refractivity contribution in [3.63, 3.8) is 0 Å². The van der Waals surface area contributed by atoms with Crippen LogP contribution in [-0.4, -0.2) is 67.1 Å². The number of esters is 2. The number of carbonyl (C=O) groups is 2. The molecule has 14 heteroatoms. The number of hydrogen-bond acceptors (Lipinski definition) is 10.